The van der Waals surface area contributed by atoms with Crippen LogP contribution in [-0.4, -0.2) is 28.9 Å². The molecule has 196 valence electrons. The summed E-state index contributed by atoms with van der Waals surface area (Å²) >= 11 is 0. The lowest BCUT2D eigenvalue weighted by Crippen LogP contribution is -2.32. The first-order valence-corrected chi connectivity index (χ1v) is 11.7. The lowest BCUT2D eigenvalue weighted by molar-refractivity contribution is -0.154. The van der Waals surface area contributed by atoms with Crippen molar-refractivity contribution in [1.82, 2.24) is 0 Å². The van der Waals surface area contributed by atoms with Crippen molar-refractivity contribution in [2.45, 2.75) is 54.4 Å². The second kappa shape index (κ2) is 13.4. The number of carboxylic acid groups (broad SMARTS) is 1. The van der Waals surface area contributed by atoms with E-state index >= 15 is 0 Å². The number of rotatable bonds is 4. The summed E-state index contributed by atoms with van der Waals surface area (Å²) in [6.07, 6.45) is 0.218. The van der Waals surface area contributed by atoms with Gasteiger partial charge in [0, 0.05) is 17.8 Å². The molecular formula is C28H38N2O6. The number of para-hydroxylation sites is 2. The molecule has 1 aliphatic rings. The van der Waals surface area contributed by atoms with E-state index in [1.807, 2.05) is 90.1 Å². The van der Waals surface area contributed by atoms with E-state index in [0.29, 0.717) is 5.69 Å². The summed E-state index contributed by atoms with van der Waals surface area (Å²) in [5, 5.41) is 11.8. The van der Waals surface area contributed by atoms with E-state index in [1.165, 1.54) is 0 Å². The highest BCUT2D eigenvalue weighted by Crippen LogP contribution is 2.33. The number of cyclic esters (lactones) is 2. The van der Waals surface area contributed by atoms with Crippen molar-refractivity contribution in [3.63, 3.8) is 0 Å². The lowest BCUT2D eigenvalue weighted by Gasteiger charge is -2.26. The number of ether oxygens (including phenoxy) is 1. The minimum Gasteiger partial charge on any atom is -0.481 e. The molecule has 0 unspecified atom stereocenters. The Labute approximate surface area is 213 Å². The second-order valence-electron chi connectivity index (χ2n) is 10.7. The lowest BCUT2D eigenvalue weighted by atomic mass is 9.78. The van der Waals surface area contributed by atoms with Gasteiger partial charge in [-0.25, -0.2) is 0 Å². The maximum Gasteiger partial charge on any atom is 0.317 e. The van der Waals surface area contributed by atoms with Gasteiger partial charge in [0.15, 0.2) is 0 Å². The standard InChI is InChI=1S/C14H19NO3.C8H12O3.C6H7N/c1-14(2,3)11(13(17)18)9-12(16)15-10-7-5-4-6-8-10;1-8(2,3)5-4-6(9)11-7(5)10;7-6-4-2-1-3-5-6/h4-8,11H,9H2,1-3H3,(H,15,16)(H,17,18);5H,4H2,1-3H3;1-5H,7H2/t11-;5-;/m11./s1. The number of aliphatic carboxylic acids is 1. The molecule has 0 bridgehead atoms. The molecule has 1 aliphatic heterocycles. The van der Waals surface area contributed by atoms with Crippen molar-refractivity contribution in [2.24, 2.45) is 22.7 Å². The van der Waals surface area contributed by atoms with Gasteiger partial charge < -0.3 is 20.9 Å². The highest BCUT2D eigenvalue weighted by Gasteiger charge is 2.41. The number of amides is 1. The molecule has 4 N–H and O–H groups in total. The molecule has 1 amide bonds. The van der Waals surface area contributed by atoms with Gasteiger partial charge in [-0.05, 0) is 35.1 Å². The number of anilines is 2. The number of esters is 2. The van der Waals surface area contributed by atoms with Crippen molar-refractivity contribution in [3.8, 4) is 0 Å². The molecule has 2 atom stereocenters. The van der Waals surface area contributed by atoms with Crippen LogP contribution in [0.15, 0.2) is 60.7 Å². The number of nitrogens with one attached hydrogen (secondary N) is 1. The maximum absolute atomic E-state index is 11.8. The topological polar surface area (TPSA) is 136 Å². The van der Waals surface area contributed by atoms with Crippen molar-refractivity contribution in [3.05, 3.63) is 60.7 Å². The number of carbonyl (C=O) groups is 4. The Hall–Kier alpha value is -3.68. The third-order valence-electron chi connectivity index (χ3n) is 5.51. The van der Waals surface area contributed by atoms with Gasteiger partial charge in [-0.1, -0.05) is 77.9 Å². The Bertz CT molecular complexity index is 1010. The monoisotopic (exact) mass is 498 g/mol. The summed E-state index contributed by atoms with van der Waals surface area (Å²) in [7, 11) is 0. The van der Waals surface area contributed by atoms with Crippen LogP contribution in [0.5, 0.6) is 0 Å². The van der Waals surface area contributed by atoms with Crippen molar-refractivity contribution in [1.29, 1.82) is 0 Å². The fourth-order valence-corrected chi connectivity index (χ4v) is 3.27. The van der Waals surface area contributed by atoms with E-state index in [0.717, 1.165) is 5.69 Å². The first-order valence-electron chi connectivity index (χ1n) is 11.7. The number of carboxylic acids is 1. The predicted octanol–water partition coefficient (Wildman–Crippen LogP) is 5.15. The van der Waals surface area contributed by atoms with Crippen LogP contribution < -0.4 is 11.1 Å². The molecule has 0 spiro atoms. The van der Waals surface area contributed by atoms with Crippen LogP contribution in [0.25, 0.3) is 0 Å². The molecule has 0 aliphatic carbocycles. The molecule has 0 saturated carbocycles. The van der Waals surface area contributed by atoms with Crippen LogP contribution in [0.2, 0.25) is 0 Å². The quantitative estimate of drug-likeness (QED) is 0.301. The average molecular weight is 499 g/mol. The Morgan fingerprint density at radius 2 is 1.47 bits per heavy atom. The van der Waals surface area contributed by atoms with Gasteiger partial charge in [0.1, 0.15) is 0 Å². The highest BCUT2D eigenvalue weighted by molar-refractivity contribution is 5.95. The summed E-state index contributed by atoms with van der Waals surface area (Å²) in [4.78, 5) is 44.6. The number of carbonyl (C=O) groups excluding carboxylic acids is 3. The molecule has 0 radical (unpaired) electrons. The van der Waals surface area contributed by atoms with Crippen LogP contribution in [0.4, 0.5) is 11.4 Å². The van der Waals surface area contributed by atoms with Gasteiger partial charge in [-0.3, -0.25) is 19.2 Å². The van der Waals surface area contributed by atoms with Crippen molar-refractivity contribution < 1.29 is 29.0 Å². The minimum atomic E-state index is -0.939. The van der Waals surface area contributed by atoms with E-state index in [9.17, 15) is 19.2 Å². The smallest absolute Gasteiger partial charge is 0.317 e. The molecule has 1 saturated heterocycles. The molecular weight excluding hydrogens is 460 g/mol. The van der Waals surface area contributed by atoms with Crippen LogP contribution in [0.1, 0.15) is 54.4 Å². The summed E-state index contributed by atoms with van der Waals surface area (Å²) < 4.78 is 4.42. The molecule has 2 aromatic rings. The van der Waals surface area contributed by atoms with Crippen LogP contribution in [0, 0.1) is 22.7 Å². The molecule has 36 heavy (non-hydrogen) atoms. The SMILES string of the molecule is CC(C)(C)[C@@H]1CC(=O)OC1=O.CC(C)(C)[C@H](CC(=O)Nc1ccccc1)C(=O)O.Nc1ccccc1. The Morgan fingerprint density at radius 1 is 0.972 bits per heavy atom. The average Bonchev–Trinajstić information content (AvgIpc) is 3.12. The number of nitrogen functional groups attached to an aromatic ring is 1. The van der Waals surface area contributed by atoms with E-state index in [-0.39, 0.29) is 36.1 Å². The Balaban J connectivity index is 0.000000303. The number of benzene rings is 2. The molecule has 2 aromatic carbocycles. The summed E-state index contributed by atoms with van der Waals surface area (Å²) in [6, 6.07) is 18.5. The molecule has 0 aromatic heterocycles. The van der Waals surface area contributed by atoms with Gasteiger partial charge >= 0.3 is 17.9 Å². The molecule has 8 nitrogen and oxygen atoms in total. The molecule has 1 fully saturated rings. The van der Waals surface area contributed by atoms with E-state index < -0.39 is 23.3 Å². The molecule has 1 heterocycles. The normalized spacial score (nSPS) is 15.9. The number of hydrogen-bond acceptors (Lipinski definition) is 6. The van der Waals surface area contributed by atoms with E-state index in [1.54, 1.807) is 12.1 Å². The van der Waals surface area contributed by atoms with Crippen molar-refractivity contribution >= 4 is 35.2 Å². The zero-order valence-electron chi connectivity index (χ0n) is 21.9. The van der Waals surface area contributed by atoms with E-state index in [2.05, 4.69) is 10.1 Å². The summed E-state index contributed by atoms with van der Waals surface area (Å²) in [5.41, 5.74) is 6.25. The largest absolute Gasteiger partial charge is 0.481 e. The fourth-order valence-electron chi connectivity index (χ4n) is 3.27. The van der Waals surface area contributed by atoms with Crippen LogP contribution >= 0.6 is 0 Å². The van der Waals surface area contributed by atoms with E-state index in [4.69, 9.17) is 10.8 Å². The zero-order valence-corrected chi connectivity index (χ0v) is 21.9. The molecule has 8 heteroatoms. The minimum absolute atomic E-state index is 0.0201. The zero-order chi connectivity index (χ0) is 27.5. The maximum atomic E-state index is 11.8. The Morgan fingerprint density at radius 3 is 1.78 bits per heavy atom. The van der Waals surface area contributed by atoms with Gasteiger partial charge in [-0.15, -0.1) is 0 Å². The summed E-state index contributed by atoms with van der Waals surface area (Å²) in [5.74, 6) is -2.93. The van der Waals surface area contributed by atoms with Gasteiger partial charge in [0.25, 0.3) is 0 Å². The Kier molecular flexibility index (Phi) is 11.3. The third-order valence-corrected chi connectivity index (χ3v) is 5.51. The second-order valence-corrected chi connectivity index (χ2v) is 10.7. The number of hydrogen-bond donors (Lipinski definition) is 3. The molecule has 3 rings (SSSR count). The van der Waals surface area contributed by atoms with Crippen molar-refractivity contribution in [2.75, 3.05) is 11.1 Å². The fraction of sp³-hybridized carbons (Fsp3) is 0.429. The number of nitrogens with two attached hydrogens (primary N) is 1. The van der Waals surface area contributed by atoms with Crippen LogP contribution in [0.3, 0.4) is 0 Å². The van der Waals surface area contributed by atoms with Gasteiger partial charge in [0.2, 0.25) is 5.91 Å². The third kappa shape index (κ3) is 11.2. The van der Waals surface area contributed by atoms with Gasteiger partial charge in [0.05, 0.1) is 18.3 Å². The first kappa shape index (κ1) is 30.4. The first-order chi connectivity index (χ1) is 16.6. The summed E-state index contributed by atoms with van der Waals surface area (Å²) in [6.45, 7) is 11.2. The van der Waals surface area contributed by atoms with Crippen LogP contribution in [-0.2, 0) is 23.9 Å². The highest BCUT2D eigenvalue weighted by atomic mass is 16.6. The van der Waals surface area contributed by atoms with Gasteiger partial charge in [-0.2, -0.15) is 0 Å². The predicted molar refractivity (Wildman–Crippen MR) is 140 cm³/mol.